The number of alkyl halides is 3. The number of rotatable bonds is 4. The number of anilines is 1. The molecule has 0 bridgehead atoms. The fourth-order valence-electron chi connectivity index (χ4n) is 3.89. The molecule has 164 valence electrons. The van der Waals surface area contributed by atoms with Crippen LogP contribution < -0.4 is 10.6 Å². The number of carbonyl (C=O) groups excluding carboxylic acids is 1. The minimum Gasteiger partial charge on any atom is -0.367 e. The molecule has 32 heavy (non-hydrogen) atoms. The lowest BCUT2D eigenvalue weighted by Crippen LogP contribution is -2.40. The highest BCUT2D eigenvalue weighted by atomic mass is 19.4. The van der Waals surface area contributed by atoms with Gasteiger partial charge < -0.3 is 10.6 Å². The van der Waals surface area contributed by atoms with Gasteiger partial charge in [-0.1, -0.05) is 18.2 Å². The van der Waals surface area contributed by atoms with Gasteiger partial charge in [0.2, 0.25) is 5.82 Å². The Morgan fingerprint density at radius 2 is 1.72 bits per heavy atom. The van der Waals surface area contributed by atoms with E-state index < -0.39 is 12.0 Å². The Labute approximate surface area is 182 Å². The van der Waals surface area contributed by atoms with Crippen molar-refractivity contribution in [2.24, 2.45) is 0 Å². The summed E-state index contributed by atoms with van der Waals surface area (Å²) in [6.07, 6.45) is -1.94. The van der Waals surface area contributed by atoms with Gasteiger partial charge in [0, 0.05) is 23.0 Å². The van der Waals surface area contributed by atoms with Gasteiger partial charge in [-0.2, -0.15) is 18.4 Å². The van der Waals surface area contributed by atoms with Gasteiger partial charge >= 0.3 is 6.18 Å². The van der Waals surface area contributed by atoms with Crippen LogP contribution in [0.3, 0.4) is 0 Å². The first-order valence-electron chi connectivity index (χ1n) is 10.2. The molecule has 1 saturated carbocycles. The first kappa shape index (κ1) is 21.6. The van der Waals surface area contributed by atoms with Crippen molar-refractivity contribution >= 4 is 22.6 Å². The second-order valence-electron chi connectivity index (χ2n) is 7.77. The molecule has 1 aromatic heterocycles. The van der Waals surface area contributed by atoms with E-state index in [-0.39, 0.29) is 29.3 Å². The number of nitrogens with one attached hydrogen (secondary N) is 2. The quantitative estimate of drug-likeness (QED) is 0.616. The predicted octanol–water partition coefficient (Wildman–Crippen LogP) is 4.67. The van der Waals surface area contributed by atoms with Crippen LogP contribution in [-0.2, 0) is 6.18 Å². The molecule has 0 radical (unpaired) electrons. The standard InChI is InChI=1S/C23H20F3N5O/c24-23(25,26)22-30-19-7-2-1-6-18(19)20(31-22)28-16-8-10-17(11-9-16)29-21(32)15-5-3-4-14(12-15)13-27/h1-7,12,16-17H,8-11H2,(H,29,32)(H,28,30,31)/t16-,17+. The molecule has 6 nitrogen and oxygen atoms in total. The van der Waals surface area contributed by atoms with Crippen LogP contribution in [0.5, 0.6) is 0 Å². The molecule has 1 aliphatic rings. The Morgan fingerprint density at radius 1 is 1.00 bits per heavy atom. The number of hydrogen-bond acceptors (Lipinski definition) is 5. The van der Waals surface area contributed by atoms with Crippen LogP contribution in [0.4, 0.5) is 19.0 Å². The van der Waals surface area contributed by atoms with Crippen LogP contribution in [0.25, 0.3) is 10.9 Å². The number of carbonyl (C=O) groups is 1. The molecule has 1 amide bonds. The summed E-state index contributed by atoms with van der Waals surface area (Å²) < 4.78 is 39.7. The number of nitrogens with zero attached hydrogens (tertiary/aromatic N) is 3. The van der Waals surface area contributed by atoms with Crippen molar-refractivity contribution in [1.82, 2.24) is 15.3 Å². The third-order valence-corrected chi connectivity index (χ3v) is 5.51. The Hall–Kier alpha value is -3.67. The van der Waals surface area contributed by atoms with Crippen LogP contribution >= 0.6 is 0 Å². The summed E-state index contributed by atoms with van der Waals surface area (Å²) in [5, 5.41) is 15.7. The highest BCUT2D eigenvalue weighted by Crippen LogP contribution is 2.31. The molecule has 1 aliphatic carbocycles. The molecule has 3 aromatic rings. The first-order chi connectivity index (χ1) is 15.3. The lowest BCUT2D eigenvalue weighted by atomic mass is 9.91. The van der Waals surface area contributed by atoms with E-state index in [1.807, 2.05) is 6.07 Å². The van der Waals surface area contributed by atoms with E-state index in [4.69, 9.17) is 5.26 Å². The lowest BCUT2D eigenvalue weighted by molar-refractivity contribution is -0.144. The van der Waals surface area contributed by atoms with Crippen molar-refractivity contribution in [3.8, 4) is 6.07 Å². The van der Waals surface area contributed by atoms with Gasteiger partial charge in [-0.05, 0) is 56.0 Å². The number of benzene rings is 2. The molecule has 0 unspecified atom stereocenters. The molecule has 4 rings (SSSR count). The summed E-state index contributed by atoms with van der Waals surface area (Å²) in [6, 6.07) is 15.0. The zero-order valence-electron chi connectivity index (χ0n) is 17.0. The van der Waals surface area contributed by atoms with Gasteiger partial charge in [-0.15, -0.1) is 0 Å². The van der Waals surface area contributed by atoms with Gasteiger partial charge in [0.05, 0.1) is 17.1 Å². The van der Waals surface area contributed by atoms with Gasteiger partial charge in [0.25, 0.3) is 5.91 Å². The minimum absolute atomic E-state index is 0.0424. The smallest absolute Gasteiger partial charge is 0.367 e. The molecule has 2 aromatic carbocycles. The van der Waals surface area contributed by atoms with E-state index in [1.165, 1.54) is 6.07 Å². The maximum absolute atomic E-state index is 13.2. The van der Waals surface area contributed by atoms with Crippen LogP contribution in [0.15, 0.2) is 48.5 Å². The molecular formula is C23H20F3N5O. The van der Waals surface area contributed by atoms with Crippen molar-refractivity contribution in [3.63, 3.8) is 0 Å². The molecule has 0 atom stereocenters. The van der Waals surface area contributed by atoms with Crippen LogP contribution in [-0.4, -0.2) is 28.0 Å². The van der Waals surface area contributed by atoms with E-state index in [0.29, 0.717) is 42.2 Å². The SMILES string of the molecule is N#Cc1cccc(C(=O)N[C@H]2CC[C@@H](Nc3nc(C(F)(F)F)nc4ccccc34)CC2)c1. The Kier molecular flexibility index (Phi) is 5.95. The number of hydrogen-bond donors (Lipinski definition) is 2. The van der Waals surface area contributed by atoms with Gasteiger partial charge in [-0.25, -0.2) is 9.97 Å². The second kappa shape index (κ2) is 8.83. The highest BCUT2D eigenvalue weighted by Gasteiger charge is 2.36. The largest absolute Gasteiger partial charge is 0.451 e. The fraction of sp³-hybridized carbons (Fsp3) is 0.304. The minimum atomic E-state index is -4.63. The van der Waals surface area contributed by atoms with Crippen molar-refractivity contribution in [2.75, 3.05) is 5.32 Å². The molecule has 9 heteroatoms. The number of amides is 1. The number of aromatic nitrogens is 2. The topological polar surface area (TPSA) is 90.7 Å². The highest BCUT2D eigenvalue weighted by molar-refractivity contribution is 5.94. The first-order valence-corrected chi connectivity index (χ1v) is 10.2. The lowest BCUT2D eigenvalue weighted by Gasteiger charge is -2.30. The summed E-state index contributed by atoms with van der Waals surface area (Å²) in [4.78, 5) is 19.9. The van der Waals surface area contributed by atoms with Crippen molar-refractivity contribution in [2.45, 2.75) is 43.9 Å². The molecule has 0 aliphatic heterocycles. The normalized spacial score (nSPS) is 18.7. The van der Waals surface area contributed by atoms with Crippen molar-refractivity contribution in [3.05, 3.63) is 65.5 Å². The average Bonchev–Trinajstić information content (AvgIpc) is 2.79. The third kappa shape index (κ3) is 4.80. The van der Waals surface area contributed by atoms with Crippen LogP contribution in [0.1, 0.15) is 47.4 Å². The number of nitriles is 1. The van der Waals surface area contributed by atoms with E-state index >= 15 is 0 Å². The Balaban J connectivity index is 1.41. The zero-order valence-corrected chi connectivity index (χ0v) is 17.0. The van der Waals surface area contributed by atoms with Gasteiger partial charge in [0.15, 0.2) is 0 Å². The predicted molar refractivity (Wildman–Crippen MR) is 113 cm³/mol. The maximum Gasteiger partial charge on any atom is 0.451 e. The number of halogens is 3. The summed E-state index contributed by atoms with van der Waals surface area (Å²) in [6.45, 7) is 0. The molecule has 2 N–H and O–H groups in total. The second-order valence-corrected chi connectivity index (χ2v) is 7.77. The molecular weight excluding hydrogens is 419 g/mol. The van der Waals surface area contributed by atoms with Crippen LogP contribution in [0.2, 0.25) is 0 Å². The Bertz CT molecular complexity index is 1180. The molecule has 0 saturated heterocycles. The van der Waals surface area contributed by atoms with E-state index in [0.717, 1.165) is 0 Å². The molecule has 0 spiro atoms. The number of fused-ring (bicyclic) bond motifs is 1. The average molecular weight is 439 g/mol. The third-order valence-electron chi connectivity index (χ3n) is 5.51. The summed E-state index contributed by atoms with van der Waals surface area (Å²) >= 11 is 0. The van der Waals surface area contributed by atoms with Gasteiger partial charge in [0.1, 0.15) is 5.82 Å². The summed E-state index contributed by atoms with van der Waals surface area (Å²) in [5.41, 5.74) is 1.08. The van der Waals surface area contributed by atoms with E-state index in [1.54, 1.807) is 42.5 Å². The van der Waals surface area contributed by atoms with E-state index in [9.17, 15) is 18.0 Å². The summed E-state index contributed by atoms with van der Waals surface area (Å²) in [5.74, 6) is -1.24. The molecule has 1 fully saturated rings. The van der Waals surface area contributed by atoms with E-state index in [2.05, 4.69) is 20.6 Å². The van der Waals surface area contributed by atoms with Crippen LogP contribution in [0, 0.1) is 11.3 Å². The summed E-state index contributed by atoms with van der Waals surface area (Å²) in [7, 11) is 0. The van der Waals surface area contributed by atoms with Crippen molar-refractivity contribution < 1.29 is 18.0 Å². The van der Waals surface area contributed by atoms with Gasteiger partial charge in [-0.3, -0.25) is 4.79 Å². The zero-order chi connectivity index (χ0) is 22.7. The maximum atomic E-state index is 13.2. The molecule has 1 heterocycles. The Morgan fingerprint density at radius 3 is 2.44 bits per heavy atom. The van der Waals surface area contributed by atoms with Crippen molar-refractivity contribution in [1.29, 1.82) is 5.26 Å². The monoisotopic (exact) mass is 439 g/mol. The fourth-order valence-corrected chi connectivity index (χ4v) is 3.89. The number of para-hydroxylation sites is 1.